The van der Waals surface area contributed by atoms with Gasteiger partial charge in [-0.05, 0) is 12.1 Å². The summed E-state index contributed by atoms with van der Waals surface area (Å²) in [4.78, 5) is 1.28. The van der Waals surface area contributed by atoms with Crippen LogP contribution in [-0.4, -0.2) is 15.0 Å². The Morgan fingerprint density at radius 3 is 2.86 bits per heavy atom. The van der Waals surface area contributed by atoms with Gasteiger partial charge in [0.15, 0.2) is 0 Å². The van der Waals surface area contributed by atoms with Crippen molar-refractivity contribution >= 4 is 34.2 Å². The zero-order valence-corrected chi connectivity index (χ0v) is 8.42. The Balaban J connectivity index is 2.66. The van der Waals surface area contributed by atoms with Gasteiger partial charge in [-0.3, -0.25) is 0 Å². The zero-order chi connectivity index (χ0) is 10.1. The summed E-state index contributed by atoms with van der Waals surface area (Å²) in [6.45, 7) is 0.0998. The fraction of sp³-hybridized carbons (Fsp3) is 0.125. The highest BCUT2D eigenvalue weighted by atomic mass is 35.5. The molecular weight excluding hydrogens is 223 g/mol. The molecule has 1 aromatic heterocycles. The van der Waals surface area contributed by atoms with E-state index in [-0.39, 0.29) is 6.54 Å². The van der Waals surface area contributed by atoms with Gasteiger partial charge in [0.25, 0.3) is 0 Å². The van der Waals surface area contributed by atoms with Crippen molar-refractivity contribution in [3.8, 4) is 6.07 Å². The van der Waals surface area contributed by atoms with Gasteiger partial charge in [0.2, 0.25) is 0 Å². The lowest BCUT2D eigenvalue weighted by molar-refractivity contribution is 0.618. The second-order valence-corrected chi connectivity index (χ2v) is 3.40. The molecule has 2 rings (SSSR count). The van der Waals surface area contributed by atoms with Crippen molar-refractivity contribution in [1.29, 1.82) is 5.26 Å². The minimum absolute atomic E-state index is 0.0998. The van der Waals surface area contributed by atoms with E-state index in [0.29, 0.717) is 21.1 Å². The van der Waals surface area contributed by atoms with Crippen LogP contribution in [0.2, 0.25) is 10.0 Å². The van der Waals surface area contributed by atoms with Crippen LogP contribution in [0, 0.1) is 11.3 Å². The summed E-state index contributed by atoms with van der Waals surface area (Å²) in [6, 6.07) is 5.30. The Kier molecular flexibility index (Phi) is 2.28. The molecule has 6 heteroatoms. The fourth-order valence-electron chi connectivity index (χ4n) is 1.10. The van der Waals surface area contributed by atoms with Crippen LogP contribution in [0.4, 0.5) is 0 Å². The van der Waals surface area contributed by atoms with Gasteiger partial charge in [0, 0.05) is 0 Å². The van der Waals surface area contributed by atoms with Crippen molar-refractivity contribution < 1.29 is 0 Å². The van der Waals surface area contributed by atoms with Crippen molar-refractivity contribution in [2.24, 2.45) is 0 Å². The van der Waals surface area contributed by atoms with Gasteiger partial charge in [-0.1, -0.05) is 23.2 Å². The zero-order valence-electron chi connectivity index (χ0n) is 6.91. The normalized spacial score (nSPS) is 10.4. The third-order valence-corrected chi connectivity index (χ3v) is 2.49. The van der Waals surface area contributed by atoms with E-state index in [1.165, 1.54) is 4.80 Å². The SMILES string of the molecule is N#CCn1nc2ccc(Cl)c(Cl)c2n1. The molecule has 0 bridgehead atoms. The standard InChI is InChI=1S/C8H4Cl2N4/c9-5-1-2-6-8(7(5)10)13-14(12-6)4-3-11/h1-2H,4H2. The number of nitrogens with zero attached hydrogens (tertiary/aromatic N) is 4. The minimum atomic E-state index is 0.0998. The highest BCUT2D eigenvalue weighted by Crippen LogP contribution is 2.28. The molecule has 0 aliphatic heterocycles. The average Bonchev–Trinajstić information content (AvgIpc) is 2.56. The molecule has 0 fully saturated rings. The van der Waals surface area contributed by atoms with Gasteiger partial charge in [0.05, 0.1) is 16.1 Å². The Labute approximate surface area is 89.6 Å². The first-order chi connectivity index (χ1) is 6.72. The molecule has 14 heavy (non-hydrogen) atoms. The lowest BCUT2D eigenvalue weighted by atomic mass is 10.3. The predicted octanol–water partition coefficient (Wildman–Crippen LogP) is 2.26. The third kappa shape index (κ3) is 1.41. The van der Waals surface area contributed by atoms with E-state index in [1.54, 1.807) is 12.1 Å². The molecule has 0 aliphatic rings. The summed E-state index contributed by atoms with van der Waals surface area (Å²) in [5.74, 6) is 0. The van der Waals surface area contributed by atoms with E-state index < -0.39 is 0 Å². The van der Waals surface area contributed by atoms with Crippen molar-refractivity contribution in [1.82, 2.24) is 15.0 Å². The summed E-state index contributed by atoms with van der Waals surface area (Å²) in [7, 11) is 0. The molecule has 0 N–H and O–H groups in total. The minimum Gasteiger partial charge on any atom is -0.196 e. The number of hydrogen-bond donors (Lipinski definition) is 0. The molecule has 0 spiro atoms. The molecule has 4 nitrogen and oxygen atoms in total. The topological polar surface area (TPSA) is 54.5 Å². The predicted molar refractivity (Wildman–Crippen MR) is 53.2 cm³/mol. The molecule has 1 aromatic carbocycles. The molecule has 0 saturated carbocycles. The number of nitriles is 1. The molecule has 0 aliphatic carbocycles. The molecular formula is C8H4Cl2N4. The summed E-state index contributed by atoms with van der Waals surface area (Å²) in [5, 5.41) is 17.3. The van der Waals surface area contributed by atoms with E-state index in [1.807, 2.05) is 6.07 Å². The lowest BCUT2D eigenvalue weighted by Crippen LogP contribution is -1.99. The molecule has 0 saturated heterocycles. The van der Waals surface area contributed by atoms with E-state index in [0.717, 1.165) is 0 Å². The summed E-state index contributed by atoms with van der Waals surface area (Å²) in [6.07, 6.45) is 0. The summed E-state index contributed by atoms with van der Waals surface area (Å²) < 4.78 is 0. The fourth-order valence-corrected chi connectivity index (χ4v) is 1.45. The van der Waals surface area contributed by atoms with Crippen LogP contribution in [0.25, 0.3) is 11.0 Å². The molecule has 2 aromatic rings. The lowest BCUT2D eigenvalue weighted by Gasteiger charge is -1.92. The first kappa shape index (κ1) is 9.25. The molecule has 0 atom stereocenters. The Bertz CT molecular complexity index is 526. The van der Waals surface area contributed by atoms with E-state index in [4.69, 9.17) is 28.5 Å². The van der Waals surface area contributed by atoms with Gasteiger partial charge in [-0.25, -0.2) is 0 Å². The van der Waals surface area contributed by atoms with Crippen LogP contribution in [0.15, 0.2) is 12.1 Å². The molecule has 1 heterocycles. The summed E-state index contributed by atoms with van der Waals surface area (Å²) in [5.41, 5.74) is 1.16. The van der Waals surface area contributed by atoms with Crippen molar-refractivity contribution in [2.75, 3.05) is 0 Å². The van der Waals surface area contributed by atoms with Gasteiger partial charge in [-0.2, -0.15) is 20.3 Å². The van der Waals surface area contributed by atoms with Gasteiger partial charge in [-0.15, -0.1) is 0 Å². The van der Waals surface area contributed by atoms with E-state index in [9.17, 15) is 0 Å². The maximum Gasteiger partial charge on any atom is 0.147 e. The average molecular weight is 227 g/mol. The van der Waals surface area contributed by atoms with Crippen molar-refractivity contribution in [3.05, 3.63) is 22.2 Å². The largest absolute Gasteiger partial charge is 0.196 e. The van der Waals surface area contributed by atoms with Crippen molar-refractivity contribution in [3.63, 3.8) is 0 Å². The van der Waals surface area contributed by atoms with E-state index >= 15 is 0 Å². The number of fused-ring (bicyclic) bond motifs is 1. The number of hydrogen-bond acceptors (Lipinski definition) is 3. The molecule has 0 radical (unpaired) electrons. The number of aromatic nitrogens is 3. The van der Waals surface area contributed by atoms with Crippen molar-refractivity contribution in [2.45, 2.75) is 6.54 Å². The summed E-state index contributed by atoms with van der Waals surface area (Å²) >= 11 is 11.7. The second kappa shape index (κ2) is 3.45. The first-order valence-corrected chi connectivity index (χ1v) is 4.54. The molecule has 70 valence electrons. The van der Waals surface area contributed by atoms with Crippen LogP contribution in [0.1, 0.15) is 0 Å². The Hall–Kier alpha value is -1.31. The van der Waals surface area contributed by atoms with Crippen LogP contribution in [-0.2, 0) is 6.54 Å². The number of rotatable bonds is 1. The second-order valence-electron chi connectivity index (χ2n) is 2.62. The maximum absolute atomic E-state index is 8.46. The third-order valence-electron chi connectivity index (χ3n) is 1.70. The Morgan fingerprint density at radius 1 is 1.36 bits per heavy atom. The first-order valence-electron chi connectivity index (χ1n) is 3.78. The van der Waals surface area contributed by atoms with Crippen LogP contribution < -0.4 is 0 Å². The van der Waals surface area contributed by atoms with Crippen LogP contribution in [0.3, 0.4) is 0 Å². The van der Waals surface area contributed by atoms with Gasteiger partial charge >= 0.3 is 0 Å². The Morgan fingerprint density at radius 2 is 2.14 bits per heavy atom. The maximum atomic E-state index is 8.46. The van der Waals surface area contributed by atoms with E-state index in [2.05, 4.69) is 10.2 Å². The number of halogens is 2. The van der Waals surface area contributed by atoms with Crippen LogP contribution >= 0.6 is 23.2 Å². The highest BCUT2D eigenvalue weighted by molar-refractivity contribution is 6.44. The van der Waals surface area contributed by atoms with Gasteiger partial charge in [0.1, 0.15) is 17.6 Å². The quantitative estimate of drug-likeness (QED) is 0.750. The number of benzene rings is 1. The molecule has 0 amide bonds. The highest BCUT2D eigenvalue weighted by Gasteiger charge is 2.08. The monoisotopic (exact) mass is 226 g/mol. The van der Waals surface area contributed by atoms with Crippen LogP contribution in [0.5, 0.6) is 0 Å². The smallest absolute Gasteiger partial charge is 0.147 e. The molecule has 0 unspecified atom stereocenters. The van der Waals surface area contributed by atoms with Gasteiger partial charge < -0.3 is 0 Å².